The Labute approximate surface area is 194 Å². The van der Waals surface area contributed by atoms with Crippen molar-refractivity contribution >= 4 is 23.8 Å². The molecule has 0 unspecified atom stereocenters. The Morgan fingerprint density at radius 2 is 1.91 bits per heavy atom. The van der Waals surface area contributed by atoms with Gasteiger partial charge >= 0.3 is 6.61 Å². The van der Waals surface area contributed by atoms with Gasteiger partial charge in [-0.2, -0.15) is 13.9 Å². The van der Waals surface area contributed by atoms with Gasteiger partial charge in [0, 0.05) is 13.6 Å². The van der Waals surface area contributed by atoms with E-state index in [-0.39, 0.29) is 18.1 Å². The van der Waals surface area contributed by atoms with Crippen molar-refractivity contribution in [2.24, 2.45) is 7.05 Å². The molecule has 0 spiro atoms. The second kappa shape index (κ2) is 10.8. The van der Waals surface area contributed by atoms with Crippen LogP contribution in [0, 0.1) is 4.77 Å². The summed E-state index contributed by atoms with van der Waals surface area (Å²) in [5.74, 6) is 1.43. The molecule has 0 aliphatic heterocycles. The molecule has 0 fully saturated rings. The van der Waals surface area contributed by atoms with Gasteiger partial charge in [0.1, 0.15) is 12.4 Å². The van der Waals surface area contributed by atoms with E-state index in [1.807, 2.05) is 31.1 Å². The Kier molecular flexibility index (Phi) is 8.05. The first-order valence-corrected chi connectivity index (χ1v) is 10.4. The van der Waals surface area contributed by atoms with Crippen molar-refractivity contribution in [3.63, 3.8) is 0 Å². The molecule has 32 heavy (non-hydrogen) atoms. The molecule has 1 heterocycles. The van der Waals surface area contributed by atoms with E-state index in [1.165, 1.54) is 13.2 Å². The molecule has 0 radical (unpaired) electrons. The van der Waals surface area contributed by atoms with Gasteiger partial charge in [-0.05, 0) is 49.1 Å². The largest absolute Gasteiger partial charge is 0.493 e. The van der Waals surface area contributed by atoms with Crippen LogP contribution in [0.3, 0.4) is 0 Å². The zero-order valence-corrected chi connectivity index (χ0v) is 19.4. The van der Waals surface area contributed by atoms with Crippen LogP contribution in [-0.2, 0) is 26.9 Å². The number of ether oxygens (including phenoxy) is 3. The van der Waals surface area contributed by atoms with E-state index in [1.54, 1.807) is 33.5 Å². The molecule has 0 saturated carbocycles. The fraction of sp³-hybridized carbons (Fsp3) is 0.333. The number of halogens is 3. The summed E-state index contributed by atoms with van der Waals surface area (Å²) in [6, 6.07) is 12.1. The summed E-state index contributed by atoms with van der Waals surface area (Å²) in [5, 5.41) is 5.06. The predicted molar refractivity (Wildman–Crippen MR) is 119 cm³/mol. The highest BCUT2D eigenvalue weighted by atomic mass is 35.5. The fourth-order valence-electron chi connectivity index (χ4n) is 3.05. The number of hydrogen-bond acceptors (Lipinski definition) is 6. The third-order valence-corrected chi connectivity index (χ3v) is 5.39. The quantitative estimate of drug-likeness (QED) is 0.382. The maximum Gasteiger partial charge on any atom is 0.387 e. The van der Waals surface area contributed by atoms with E-state index in [4.69, 9.17) is 33.3 Å². The lowest BCUT2D eigenvalue weighted by molar-refractivity contribution is -0.0512. The fourth-order valence-corrected chi connectivity index (χ4v) is 3.45. The summed E-state index contributed by atoms with van der Waals surface area (Å²) in [7, 11) is 5.08. The molecule has 2 aromatic carbocycles. The molecule has 0 atom stereocenters. The van der Waals surface area contributed by atoms with E-state index < -0.39 is 6.61 Å². The summed E-state index contributed by atoms with van der Waals surface area (Å²) >= 11 is 11.6. The molecule has 0 amide bonds. The number of para-hydroxylation sites is 1. The van der Waals surface area contributed by atoms with E-state index >= 15 is 0 Å². The first-order chi connectivity index (χ1) is 15.3. The summed E-state index contributed by atoms with van der Waals surface area (Å²) < 4.78 is 44.7. The van der Waals surface area contributed by atoms with Gasteiger partial charge in [-0.25, -0.2) is 4.68 Å². The predicted octanol–water partition coefficient (Wildman–Crippen LogP) is 4.88. The van der Waals surface area contributed by atoms with Gasteiger partial charge in [-0.15, -0.1) is 0 Å². The molecule has 3 aromatic rings. The summed E-state index contributed by atoms with van der Waals surface area (Å²) in [5.41, 5.74) is 0.772. The monoisotopic (exact) mass is 484 g/mol. The van der Waals surface area contributed by atoms with Gasteiger partial charge in [-0.3, -0.25) is 4.90 Å². The van der Waals surface area contributed by atoms with E-state index in [9.17, 15) is 8.78 Å². The van der Waals surface area contributed by atoms with Crippen LogP contribution in [0.4, 0.5) is 8.78 Å². The maximum absolute atomic E-state index is 12.7. The number of methoxy groups -OCH3 is 1. The van der Waals surface area contributed by atoms with Crippen molar-refractivity contribution < 1.29 is 23.0 Å². The maximum atomic E-state index is 12.7. The molecule has 172 valence electrons. The van der Waals surface area contributed by atoms with Crippen LogP contribution in [0.2, 0.25) is 5.02 Å². The van der Waals surface area contributed by atoms with Gasteiger partial charge in [0.05, 0.1) is 18.8 Å². The van der Waals surface area contributed by atoms with Crippen molar-refractivity contribution in [3.8, 4) is 17.2 Å². The van der Waals surface area contributed by atoms with Crippen LogP contribution in [0.5, 0.6) is 17.2 Å². The number of aromatic nitrogens is 3. The van der Waals surface area contributed by atoms with Crippen LogP contribution < -0.4 is 14.2 Å². The minimum absolute atomic E-state index is 0.0122. The molecule has 3 rings (SSSR count). The molecule has 0 saturated heterocycles. The lowest BCUT2D eigenvalue weighted by Crippen LogP contribution is -2.22. The lowest BCUT2D eigenvalue weighted by atomic mass is 10.2. The lowest BCUT2D eigenvalue weighted by Gasteiger charge is -2.18. The normalized spacial score (nSPS) is 11.2. The zero-order valence-electron chi connectivity index (χ0n) is 17.8. The third-order valence-electron chi connectivity index (χ3n) is 4.60. The highest BCUT2D eigenvalue weighted by Crippen LogP contribution is 2.30. The Hall–Kier alpha value is -2.69. The number of alkyl halides is 2. The van der Waals surface area contributed by atoms with Gasteiger partial charge in [0.2, 0.25) is 0 Å². The molecule has 0 aliphatic rings. The van der Waals surface area contributed by atoms with Gasteiger partial charge in [0.15, 0.2) is 22.1 Å². The van der Waals surface area contributed by atoms with Crippen LogP contribution >= 0.6 is 23.8 Å². The van der Waals surface area contributed by atoms with Crippen molar-refractivity contribution in [1.29, 1.82) is 0 Å². The topological polar surface area (TPSA) is 53.7 Å². The molecule has 1 aromatic heterocycles. The second-order valence-corrected chi connectivity index (χ2v) is 7.77. The first-order valence-electron chi connectivity index (χ1n) is 9.58. The van der Waals surface area contributed by atoms with Crippen LogP contribution in [0.25, 0.3) is 0 Å². The molecule has 0 N–H and O–H groups in total. The first kappa shape index (κ1) is 24.0. The summed E-state index contributed by atoms with van der Waals surface area (Å²) in [4.78, 5) is 1.94. The van der Waals surface area contributed by atoms with E-state index in [2.05, 4.69) is 9.84 Å². The Morgan fingerprint density at radius 1 is 1.16 bits per heavy atom. The average Bonchev–Trinajstić information content (AvgIpc) is 3.00. The minimum atomic E-state index is -2.94. The molecular weight excluding hydrogens is 462 g/mol. The third kappa shape index (κ3) is 5.96. The van der Waals surface area contributed by atoms with Gasteiger partial charge in [0.25, 0.3) is 0 Å². The van der Waals surface area contributed by atoms with Crippen LogP contribution in [-0.4, -0.2) is 40.0 Å². The smallest absolute Gasteiger partial charge is 0.387 e. The summed E-state index contributed by atoms with van der Waals surface area (Å²) in [6.07, 6.45) is 0. The molecule has 7 nitrogen and oxygen atoms in total. The summed E-state index contributed by atoms with van der Waals surface area (Å²) in [6.45, 7) is -1.90. The Bertz CT molecular complexity index is 1120. The zero-order chi connectivity index (χ0) is 23.3. The van der Waals surface area contributed by atoms with Gasteiger partial charge in [-0.1, -0.05) is 29.8 Å². The van der Waals surface area contributed by atoms with Crippen molar-refractivity contribution in [3.05, 3.63) is 63.6 Å². The van der Waals surface area contributed by atoms with Crippen molar-refractivity contribution in [1.82, 2.24) is 19.2 Å². The van der Waals surface area contributed by atoms with E-state index in [0.717, 1.165) is 5.56 Å². The Balaban J connectivity index is 1.68. The van der Waals surface area contributed by atoms with Gasteiger partial charge < -0.3 is 18.8 Å². The highest BCUT2D eigenvalue weighted by Gasteiger charge is 2.14. The molecule has 11 heteroatoms. The average molecular weight is 485 g/mol. The minimum Gasteiger partial charge on any atom is -0.493 e. The van der Waals surface area contributed by atoms with Crippen LogP contribution in [0.1, 0.15) is 11.4 Å². The number of nitrogens with zero attached hydrogens (tertiary/aromatic N) is 4. The standard InChI is InChI=1S/C21H23ClF2N4O3S/c1-26(11-14-8-9-17(29-3)18(10-14)31-20(23)24)13-28-21(32)27(2)19(25-28)12-30-16-7-5-4-6-15(16)22/h4-10,20H,11-13H2,1-3H3. The molecule has 0 aliphatic carbocycles. The number of hydrogen-bond donors (Lipinski definition) is 0. The van der Waals surface area contributed by atoms with Crippen molar-refractivity contribution in [2.75, 3.05) is 14.2 Å². The number of rotatable bonds is 10. The second-order valence-electron chi connectivity index (χ2n) is 7.00. The highest BCUT2D eigenvalue weighted by molar-refractivity contribution is 7.71. The molecule has 0 bridgehead atoms. The SMILES string of the molecule is COc1ccc(CN(C)Cn2nc(COc3ccccc3Cl)n(C)c2=S)cc1OC(F)F. The Morgan fingerprint density at radius 3 is 2.59 bits per heavy atom. The molecular formula is C21H23ClF2N4O3S. The number of benzene rings is 2. The van der Waals surface area contributed by atoms with Crippen LogP contribution in [0.15, 0.2) is 42.5 Å². The van der Waals surface area contributed by atoms with Crippen molar-refractivity contribution in [2.45, 2.75) is 26.4 Å². The van der Waals surface area contributed by atoms with E-state index in [0.29, 0.717) is 34.6 Å².